The Morgan fingerprint density at radius 3 is 2.76 bits per heavy atom. The lowest BCUT2D eigenvalue weighted by molar-refractivity contribution is -0.134. The van der Waals surface area contributed by atoms with E-state index in [9.17, 15) is 4.79 Å². The zero-order valence-corrected chi connectivity index (χ0v) is 16.0. The largest absolute Gasteiger partial charge is 0.482 e. The van der Waals surface area contributed by atoms with E-state index in [1.807, 2.05) is 31.2 Å². The van der Waals surface area contributed by atoms with Gasteiger partial charge < -0.3 is 9.64 Å². The van der Waals surface area contributed by atoms with Crippen LogP contribution in [0, 0.1) is 0 Å². The fourth-order valence-electron chi connectivity index (χ4n) is 2.28. The molecular formula is C18H16Cl2N2O2S. The molecule has 0 aliphatic carbocycles. The summed E-state index contributed by atoms with van der Waals surface area (Å²) in [6, 6.07) is 12.7. The molecule has 0 fully saturated rings. The molecule has 0 N–H and O–H groups in total. The van der Waals surface area contributed by atoms with Gasteiger partial charge in [-0.25, -0.2) is 4.98 Å². The van der Waals surface area contributed by atoms with E-state index >= 15 is 0 Å². The first-order valence-corrected chi connectivity index (χ1v) is 9.22. The minimum absolute atomic E-state index is 0.104. The van der Waals surface area contributed by atoms with Gasteiger partial charge in [0.1, 0.15) is 10.8 Å². The van der Waals surface area contributed by atoms with Gasteiger partial charge in [-0.15, -0.1) is 11.3 Å². The van der Waals surface area contributed by atoms with E-state index in [-0.39, 0.29) is 18.6 Å². The number of rotatable bonds is 5. The SMILES string of the molecule is CC(c1nc2ccccc2s1)N(C)C(=O)COc1ccc(Cl)cc1Cl. The maximum atomic E-state index is 12.4. The van der Waals surface area contributed by atoms with Crippen molar-refractivity contribution < 1.29 is 9.53 Å². The van der Waals surface area contributed by atoms with Gasteiger partial charge in [-0.2, -0.15) is 0 Å². The van der Waals surface area contributed by atoms with Gasteiger partial charge in [-0.1, -0.05) is 35.3 Å². The van der Waals surface area contributed by atoms with Crippen molar-refractivity contribution in [2.45, 2.75) is 13.0 Å². The van der Waals surface area contributed by atoms with Crippen molar-refractivity contribution in [1.29, 1.82) is 0 Å². The number of para-hydroxylation sites is 1. The van der Waals surface area contributed by atoms with Gasteiger partial charge >= 0.3 is 0 Å². The van der Waals surface area contributed by atoms with E-state index in [1.54, 1.807) is 41.5 Å². The first-order valence-electron chi connectivity index (χ1n) is 7.64. The van der Waals surface area contributed by atoms with Crippen LogP contribution in [0.4, 0.5) is 0 Å². The Hall–Kier alpha value is -1.82. The molecule has 2 aromatic carbocycles. The summed E-state index contributed by atoms with van der Waals surface area (Å²) >= 11 is 13.5. The molecule has 0 radical (unpaired) electrons. The minimum atomic E-state index is -0.155. The summed E-state index contributed by atoms with van der Waals surface area (Å²) in [7, 11) is 1.74. The smallest absolute Gasteiger partial charge is 0.260 e. The van der Waals surface area contributed by atoms with Gasteiger partial charge in [0.05, 0.1) is 21.3 Å². The first-order chi connectivity index (χ1) is 12.0. The van der Waals surface area contributed by atoms with Crippen molar-refractivity contribution in [3.8, 4) is 5.75 Å². The Labute approximate surface area is 159 Å². The third kappa shape index (κ3) is 4.06. The summed E-state index contributed by atoms with van der Waals surface area (Å²) in [5.74, 6) is 0.276. The molecular weight excluding hydrogens is 379 g/mol. The number of ether oxygens (including phenoxy) is 1. The Morgan fingerprint density at radius 1 is 1.28 bits per heavy atom. The summed E-state index contributed by atoms with van der Waals surface area (Å²) in [6.07, 6.45) is 0. The maximum absolute atomic E-state index is 12.4. The molecule has 4 nitrogen and oxygen atoms in total. The lowest BCUT2D eigenvalue weighted by atomic mass is 10.3. The highest BCUT2D eigenvalue weighted by atomic mass is 35.5. The molecule has 130 valence electrons. The molecule has 7 heteroatoms. The molecule has 1 heterocycles. The van der Waals surface area contributed by atoms with Crippen molar-refractivity contribution in [1.82, 2.24) is 9.88 Å². The second-order valence-corrected chi connectivity index (χ2v) is 7.47. The second kappa shape index (κ2) is 7.60. The van der Waals surface area contributed by atoms with Crippen LogP contribution in [0.1, 0.15) is 18.0 Å². The molecule has 3 aromatic rings. The second-order valence-electron chi connectivity index (χ2n) is 5.56. The quantitative estimate of drug-likeness (QED) is 0.596. The van der Waals surface area contributed by atoms with E-state index < -0.39 is 0 Å². The van der Waals surface area contributed by atoms with E-state index in [1.165, 1.54) is 0 Å². The number of thiazole rings is 1. The number of hydrogen-bond acceptors (Lipinski definition) is 4. The summed E-state index contributed by atoms with van der Waals surface area (Å²) in [5, 5.41) is 1.79. The molecule has 0 bridgehead atoms. The highest BCUT2D eigenvalue weighted by molar-refractivity contribution is 7.18. The number of carbonyl (C=O) groups is 1. The van der Waals surface area contributed by atoms with Crippen LogP contribution in [0.15, 0.2) is 42.5 Å². The summed E-state index contributed by atoms with van der Waals surface area (Å²) in [4.78, 5) is 18.7. The van der Waals surface area contributed by atoms with Crippen LogP contribution < -0.4 is 4.74 Å². The van der Waals surface area contributed by atoms with Crippen LogP contribution in [0.3, 0.4) is 0 Å². The highest BCUT2D eigenvalue weighted by Gasteiger charge is 2.21. The Morgan fingerprint density at radius 2 is 2.04 bits per heavy atom. The summed E-state index contributed by atoms with van der Waals surface area (Å²) in [6.45, 7) is 1.85. The zero-order chi connectivity index (χ0) is 18.0. The molecule has 0 aliphatic heterocycles. The Balaban J connectivity index is 1.66. The average Bonchev–Trinajstić information content (AvgIpc) is 3.03. The fourth-order valence-corrected chi connectivity index (χ4v) is 3.81. The summed E-state index contributed by atoms with van der Waals surface area (Å²) in [5.41, 5.74) is 0.944. The molecule has 1 unspecified atom stereocenters. The number of nitrogens with zero attached hydrogens (tertiary/aromatic N) is 2. The number of carbonyl (C=O) groups excluding carboxylic acids is 1. The lowest BCUT2D eigenvalue weighted by Gasteiger charge is -2.23. The van der Waals surface area contributed by atoms with Crippen molar-refractivity contribution in [3.05, 3.63) is 57.5 Å². The van der Waals surface area contributed by atoms with Crippen molar-refractivity contribution in [3.63, 3.8) is 0 Å². The maximum Gasteiger partial charge on any atom is 0.260 e. The minimum Gasteiger partial charge on any atom is -0.482 e. The van der Waals surface area contributed by atoms with E-state index in [2.05, 4.69) is 4.98 Å². The van der Waals surface area contributed by atoms with Crippen LogP contribution in [0.5, 0.6) is 5.75 Å². The monoisotopic (exact) mass is 394 g/mol. The van der Waals surface area contributed by atoms with Gasteiger partial charge in [0.25, 0.3) is 5.91 Å². The number of aromatic nitrogens is 1. The number of amides is 1. The number of fused-ring (bicyclic) bond motifs is 1. The van der Waals surface area contributed by atoms with Gasteiger partial charge in [0.15, 0.2) is 6.61 Å². The van der Waals surface area contributed by atoms with Crippen molar-refractivity contribution >= 4 is 50.7 Å². The van der Waals surface area contributed by atoms with Gasteiger partial charge in [-0.05, 0) is 37.3 Å². The third-order valence-corrected chi connectivity index (χ3v) is 5.62. The lowest BCUT2D eigenvalue weighted by Crippen LogP contribution is -2.33. The van der Waals surface area contributed by atoms with Crippen LogP contribution >= 0.6 is 34.5 Å². The normalized spacial score (nSPS) is 12.2. The van der Waals surface area contributed by atoms with Crippen molar-refractivity contribution in [2.24, 2.45) is 0 Å². The predicted molar refractivity (Wildman–Crippen MR) is 103 cm³/mol. The molecule has 0 saturated heterocycles. The van der Waals surface area contributed by atoms with E-state index in [4.69, 9.17) is 27.9 Å². The van der Waals surface area contributed by atoms with Gasteiger partial charge in [0, 0.05) is 12.1 Å². The average molecular weight is 395 g/mol. The molecule has 1 aromatic heterocycles. The van der Waals surface area contributed by atoms with E-state index in [0.29, 0.717) is 15.8 Å². The van der Waals surface area contributed by atoms with Crippen LogP contribution in [0.25, 0.3) is 10.2 Å². The predicted octanol–water partition coefficient (Wildman–Crippen LogP) is 5.20. The van der Waals surface area contributed by atoms with Gasteiger partial charge in [-0.3, -0.25) is 4.79 Å². The molecule has 1 atom stereocenters. The van der Waals surface area contributed by atoms with E-state index in [0.717, 1.165) is 15.2 Å². The fraction of sp³-hybridized carbons (Fsp3) is 0.222. The molecule has 0 spiro atoms. The summed E-state index contributed by atoms with van der Waals surface area (Å²) < 4.78 is 6.63. The molecule has 1 amide bonds. The zero-order valence-electron chi connectivity index (χ0n) is 13.7. The third-order valence-electron chi connectivity index (χ3n) is 3.89. The number of benzene rings is 2. The van der Waals surface area contributed by atoms with Crippen molar-refractivity contribution in [2.75, 3.05) is 13.7 Å². The first kappa shape index (κ1) is 18.0. The highest BCUT2D eigenvalue weighted by Crippen LogP contribution is 2.30. The van der Waals surface area contributed by atoms with Gasteiger partial charge in [0.2, 0.25) is 0 Å². The Bertz CT molecular complexity index is 880. The number of likely N-dealkylation sites (N-methyl/N-ethyl adjacent to an activating group) is 1. The topological polar surface area (TPSA) is 42.4 Å². The molecule has 0 saturated carbocycles. The standard InChI is InChI=1S/C18H16Cl2N2O2S/c1-11(18-21-14-5-3-4-6-16(14)25-18)22(2)17(23)10-24-15-8-7-12(19)9-13(15)20/h3-9,11H,10H2,1-2H3. The van der Waals surface area contributed by atoms with Crippen LogP contribution in [-0.2, 0) is 4.79 Å². The molecule has 0 aliphatic rings. The molecule has 25 heavy (non-hydrogen) atoms. The number of halogens is 2. The van der Waals surface area contributed by atoms with Crippen LogP contribution in [0.2, 0.25) is 10.0 Å². The molecule has 3 rings (SSSR count). The Kier molecular flexibility index (Phi) is 5.47. The van der Waals surface area contributed by atoms with Crippen LogP contribution in [-0.4, -0.2) is 29.4 Å². The number of hydrogen-bond donors (Lipinski definition) is 0.